The van der Waals surface area contributed by atoms with Crippen LogP contribution in [0.5, 0.6) is 0 Å². The van der Waals surface area contributed by atoms with Gasteiger partial charge < -0.3 is 0 Å². The lowest BCUT2D eigenvalue weighted by molar-refractivity contribution is -0.130. The van der Waals surface area contributed by atoms with Crippen molar-refractivity contribution in [2.75, 3.05) is 0 Å². The molecule has 0 saturated heterocycles. The molecular formula is C19H24O2. The highest BCUT2D eigenvalue weighted by Gasteiger charge is 2.74. The summed E-state index contributed by atoms with van der Waals surface area (Å²) in [5.74, 6) is 2.93. The summed E-state index contributed by atoms with van der Waals surface area (Å²) in [5.41, 5.74) is 0.634. The number of fused-ring (bicyclic) bond motifs is 3. The van der Waals surface area contributed by atoms with Crippen molar-refractivity contribution in [2.45, 2.75) is 58.3 Å². The number of allylic oxidation sites excluding steroid dienone is 2. The second-order valence-corrected chi connectivity index (χ2v) is 8.77. The van der Waals surface area contributed by atoms with Crippen LogP contribution in [-0.4, -0.2) is 11.6 Å². The fourth-order valence-electron chi connectivity index (χ4n) is 7.04. The Balaban J connectivity index is 1.56. The zero-order chi connectivity index (χ0) is 14.5. The minimum absolute atomic E-state index is 0.0402. The Labute approximate surface area is 126 Å². The third-order valence-electron chi connectivity index (χ3n) is 8.25. The molecule has 5 rings (SSSR count). The van der Waals surface area contributed by atoms with Gasteiger partial charge in [-0.1, -0.05) is 19.1 Å². The van der Waals surface area contributed by atoms with Gasteiger partial charge in [0.15, 0.2) is 0 Å². The number of carbonyl (C=O) groups is 2. The Kier molecular flexibility index (Phi) is 2.11. The van der Waals surface area contributed by atoms with Crippen LogP contribution in [0.3, 0.4) is 0 Å². The lowest BCUT2D eigenvalue weighted by Gasteiger charge is -2.51. The Bertz CT molecular complexity index is 586. The Hall–Kier alpha value is -0.920. The number of carbonyl (C=O) groups excluding carboxylic acids is 2. The largest absolute Gasteiger partial charge is 0.300 e. The van der Waals surface area contributed by atoms with Gasteiger partial charge in [-0.3, -0.25) is 9.59 Å². The summed E-state index contributed by atoms with van der Waals surface area (Å²) >= 11 is 0. The molecule has 0 aromatic carbocycles. The van der Waals surface area contributed by atoms with Gasteiger partial charge in [-0.2, -0.15) is 0 Å². The highest BCUT2D eigenvalue weighted by atomic mass is 16.1. The van der Waals surface area contributed by atoms with E-state index < -0.39 is 0 Å². The number of Topliss-reactive ketones (excluding diaryl/α,β-unsaturated/α-hetero) is 2. The van der Waals surface area contributed by atoms with E-state index in [4.69, 9.17) is 0 Å². The first-order valence-corrected chi connectivity index (χ1v) is 8.75. The average molecular weight is 284 g/mol. The van der Waals surface area contributed by atoms with E-state index in [1.165, 1.54) is 12.8 Å². The van der Waals surface area contributed by atoms with Gasteiger partial charge in [0.2, 0.25) is 0 Å². The molecule has 5 aliphatic rings. The van der Waals surface area contributed by atoms with Crippen LogP contribution in [0.25, 0.3) is 0 Å². The summed E-state index contributed by atoms with van der Waals surface area (Å²) in [6, 6.07) is 0. The van der Waals surface area contributed by atoms with Crippen molar-refractivity contribution in [3.05, 3.63) is 12.2 Å². The lowest BCUT2D eigenvalue weighted by atomic mass is 9.52. The van der Waals surface area contributed by atoms with Crippen molar-refractivity contribution in [1.29, 1.82) is 0 Å². The Morgan fingerprint density at radius 3 is 2.81 bits per heavy atom. The molecule has 6 atom stereocenters. The Morgan fingerprint density at radius 1 is 1.10 bits per heavy atom. The van der Waals surface area contributed by atoms with Gasteiger partial charge in [0, 0.05) is 30.1 Å². The van der Waals surface area contributed by atoms with Crippen LogP contribution in [0.4, 0.5) is 0 Å². The fraction of sp³-hybridized carbons (Fsp3) is 0.789. The first-order valence-electron chi connectivity index (χ1n) is 8.75. The molecule has 2 heteroatoms. The van der Waals surface area contributed by atoms with Gasteiger partial charge in [0.05, 0.1) is 0 Å². The van der Waals surface area contributed by atoms with E-state index in [0.717, 1.165) is 44.4 Å². The molecule has 0 N–H and O–H groups in total. The second kappa shape index (κ2) is 3.52. The molecule has 4 fully saturated rings. The predicted molar refractivity (Wildman–Crippen MR) is 79.5 cm³/mol. The highest BCUT2D eigenvalue weighted by molar-refractivity contribution is 5.87. The van der Waals surface area contributed by atoms with E-state index in [2.05, 4.69) is 19.1 Å². The molecular weight excluding hydrogens is 260 g/mol. The van der Waals surface area contributed by atoms with Crippen molar-refractivity contribution < 1.29 is 9.59 Å². The summed E-state index contributed by atoms with van der Waals surface area (Å²) in [4.78, 5) is 24.3. The molecule has 0 aromatic heterocycles. The van der Waals surface area contributed by atoms with E-state index in [1.807, 2.05) is 0 Å². The van der Waals surface area contributed by atoms with Crippen LogP contribution >= 0.6 is 0 Å². The summed E-state index contributed by atoms with van der Waals surface area (Å²) < 4.78 is 0. The predicted octanol–water partition coefficient (Wildman–Crippen LogP) is 3.70. The molecule has 0 amide bonds. The topological polar surface area (TPSA) is 34.1 Å². The molecule has 4 saturated carbocycles. The molecule has 21 heavy (non-hydrogen) atoms. The molecule has 112 valence electrons. The maximum Gasteiger partial charge on any atom is 0.139 e. The molecule has 0 bridgehead atoms. The van der Waals surface area contributed by atoms with Crippen molar-refractivity contribution in [2.24, 2.45) is 34.0 Å². The zero-order valence-corrected chi connectivity index (χ0v) is 12.9. The normalized spacial score (nSPS) is 57.3. The van der Waals surface area contributed by atoms with Gasteiger partial charge >= 0.3 is 0 Å². The molecule has 0 spiro atoms. The van der Waals surface area contributed by atoms with Crippen LogP contribution in [0, 0.1) is 34.0 Å². The summed E-state index contributed by atoms with van der Waals surface area (Å²) in [6.45, 7) is 2.23. The van der Waals surface area contributed by atoms with Crippen LogP contribution < -0.4 is 0 Å². The molecule has 6 unspecified atom stereocenters. The number of ketones is 2. The first-order chi connectivity index (χ1) is 10.0. The first kappa shape index (κ1) is 12.6. The highest BCUT2D eigenvalue weighted by Crippen LogP contribution is 2.80. The molecule has 0 aromatic rings. The van der Waals surface area contributed by atoms with Crippen LogP contribution in [0.15, 0.2) is 12.2 Å². The average Bonchev–Trinajstić information content (AvgIpc) is 3.05. The van der Waals surface area contributed by atoms with E-state index >= 15 is 0 Å². The van der Waals surface area contributed by atoms with Crippen molar-refractivity contribution >= 4 is 11.6 Å². The van der Waals surface area contributed by atoms with Crippen molar-refractivity contribution in [3.8, 4) is 0 Å². The van der Waals surface area contributed by atoms with Gasteiger partial charge in [-0.25, -0.2) is 0 Å². The fourth-order valence-corrected chi connectivity index (χ4v) is 7.04. The number of rotatable bonds is 0. The molecule has 0 aliphatic heterocycles. The van der Waals surface area contributed by atoms with E-state index in [0.29, 0.717) is 28.8 Å². The Morgan fingerprint density at radius 2 is 1.95 bits per heavy atom. The summed E-state index contributed by atoms with van der Waals surface area (Å²) in [6.07, 6.45) is 13.0. The maximum atomic E-state index is 12.4. The van der Waals surface area contributed by atoms with Gasteiger partial charge in [-0.15, -0.1) is 0 Å². The third kappa shape index (κ3) is 1.27. The van der Waals surface area contributed by atoms with E-state index in [-0.39, 0.29) is 10.8 Å². The molecule has 0 heterocycles. The summed E-state index contributed by atoms with van der Waals surface area (Å²) in [5, 5.41) is 0. The van der Waals surface area contributed by atoms with Gasteiger partial charge in [0.25, 0.3) is 0 Å². The molecule has 2 nitrogen and oxygen atoms in total. The van der Waals surface area contributed by atoms with E-state index in [9.17, 15) is 9.59 Å². The van der Waals surface area contributed by atoms with E-state index in [1.54, 1.807) is 0 Å². The van der Waals surface area contributed by atoms with Crippen molar-refractivity contribution in [1.82, 2.24) is 0 Å². The maximum absolute atomic E-state index is 12.4. The van der Waals surface area contributed by atoms with Crippen molar-refractivity contribution in [3.63, 3.8) is 0 Å². The zero-order valence-electron chi connectivity index (χ0n) is 12.9. The minimum atomic E-state index is -0.0402. The second-order valence-electron chi connectivity index (χ2n) is 8.77. The van der Waals surface area contributed by atoms with Crippen LogP contribution in [0.2, 0.25) is 0 Å². The molecule has 0 radical (unpaired) electrons. The minimum Gasteiger partial charge on any atom is -0.300 e. The monoisotopic (exact) mass is 284 g/mol. The quantitative estimate of drug-likeness (QED) is 0.636. The SMILES string of the molecule is CC12CCC3C(C=CC45CC(=O)CCC34C5)C1CCC2=O. The third-order valence-corrected chi connectivity index (χ3v) is 8.25. The van der Waals surface area contributed by atoms with Crippen LogP contribution in [-0.2, 0) is 9.59 Å². The summed E-state index contributed by atoms with van der Waals surface area (Å²) in [7, 11) is 0. The van der Waals surface area contributed by atoms with Crippen LogP contribution in [0.1, 0.15) is 58.3 Å². The smallest absolute Gasteiger partial charge is 0.139 e. The standard InChI is InChI=1S/C19H24O2/c1-17-7-6-15-13(14(17)2-3-16(17)21)5-8-18-10-12(20)4-9-19(15,18)11-18/h5,8,13-15H,2-4,6-7,9-11H2,1H3. The van der Waals surface area contributed by atoms with Gasteiger partial charge in [0.1, 0.15) is 11.6 Å². The lowest BCUT2D eigenvalue weighted by Crippen LogP contribution is -2.47. The molecule has 5 aliphatic carbocycles. The number of hydrogen-bond acceptors (Lipinski definition) is 2. The number of hydrogen-bond donors (Lipinski definition) is 0. The van der Waals surface area contributed by atoms with Gasteiger partial charge in [-0.05, 0) is 55.3 Å².